The second-order valence-electron chi connectivity index (χ2n) is 3.23. The normalized spacial score (nSPS) is 11.5. The number of hydrogen-bond acceptors (Lipinski definition) is 3. The summed E-state index contributed by atoms with van der Waals surface area (Å²) in [5, 5.41) is 0.908. The van der Waals surface area contributed by atoms with E-state index in [1.54, 1.807) is 30.3 Å². The molecule has 2 aromatic rings. The third-order valence-electron chi connectivity index (χ3n) is 2.03. The quantitative estimate of drug-likeness (QED) is 0.770. The van der Waals surface area contributed by atoms with Gasteiger partial charge in [-0.05, 0) is 0 Å². The molecular weight excluding hydrogens is 251 g/mol. The maximum absolute atomic E-state index is 12.2. The van der Waals surface area contributed by atoms with Crippen LogP contribution in [0.1, 0.15) is 9.80 Å². The van der Waals surface area contributed by atoms with Crippen LogP contribution in [0.15, 0.2) is 35.7 Å². The van der Waals surface area contributed by atoms with E-state index >= 15 is 0 Å². The van der Waals surface area contributed by atoms with Gasteiger partial charge in [0.15, 0.2) is 5.01 Å². The van der Waals surface area contributed by atoms with Gasteiger partial charge in [-0.25, -0.2) is 4.98 Å². The number of rotatable bonds is 2. The van der Waals surface area contributed by atoms with Crippen LogP contribution in [0.25, 0.3) is 11.3 Å². The highest BCUT2D eigenvalue weighted by Gasteiger charge is 2.41. The molecule has 0 saturated carbocycles. The summed E-state index contributed by atoms with van der Waals surface area (Å²) in [4.78, 5) is 14.6. The van der Waals surface area contributed by atoms with Gasteiger partial charge in [-0.15, -0.1) is 11.3 Å². The van der Waals surface area contributed by atoms with Crippen molar-refractivity contribution in [2.24, 2.45) is 0 Å². The summed E-state index contributed by atoms with van der Waals surface area (Å²) in [6.45, 7) is 0. The molecule has 0 fully saturated rings. The molecule has 0 unspecified atom stereocenters. The fourth-order valence-corrected chi connectivity index (χ4v) is 2.03. The van der Waals surface area contributed by atoms with E-state index in [2.05, 4.69) is 4.98 Å². The van der Waals surface area contributed by atoms with E-state index in [0.29, 0.717) is 22.6 Å². The van der Waals surface area contributed by atoms with Crippen molar-refractivity contribution in [3.05, 3.63) is 40.7 Å². The third-order valence-corrected chi connectivity index (χ3v) is 2.87. The molecule has 0 aliphatic heterocycles. The highest BCUT2D eigenvalue weighted by molar-refractivity contribution is 7.12. The van der Waals surface area contributed by atoms with Gasteiger partial charge in [0.05, 0.1) is 5.69 Å². The van der Waals surface area contributed by atoms with Crippen molar-refractivity contribution in [1.29, 1.82) is 0 Å². The van der Waals surface area contributed by atoms with Gasteiger partial charge in [0.25, 0.3) is 5.78 Å². The lowest BCUT2D eigenvalue weighted by Gasteiger charge is -2.00. The average Bonchev–Trinajstić information content (AvgIpc) is 2.77. The van der Waals surface area contributed by atoms with Gasteiger partial charge >= 0.3 is 6.18 Å². The van der Waals surface area contributed by atoms with Gasteiger partial charge in [0.1, 0.15) is 0 Å². The van der Waals surface area contributed by atoms with Crippen molar-refractivity contribution in [3.63, 3.8) is 0 Å². The number of alkyl halides is 3. The van der Waals surface area contributed by atoms with Crippen molar-refractivity contribution in [1.82, 2.24) is 4.98 Å². The molecule has 0 bridgehead atoms. The molecule has 2 nitrogen and oxygen atoms in total. The maximum Gasteiger partial charge on any atom is 0.457 e. The number of nitrogens with zero attached hydrogens (tertiary/aromatic N) is 1. The number of hydrogen-bond donors (Lipinski definition) is 0. The van der Waals surface area contributed by atoms with E-state index in [0.717, 1.165) is 0 Å². The Morgan fingerprint density at radius 1 is 1.18 bits per heavy atom. The topological polar surface area (TPSA) is 30.0 Å². The van der Waals surface area contributed by atoms with Crippen LogP contribution in [0.4, 0.5) is 13.2 Å². The number of aromatic nitrogens is 1. The first kappa shape index (κ1) is 11.8. The average molecular weight is 257 g/mol. The Morgan fingerprint density at radius 3 is 2.41 bits per heavy atom. The monoisotopic (exact) mass is 257 g/mol. The van der Waals surface area contributed by atoms with Gasteiger partial charge in [-0.3, -0.25) is 4.79 Å². The number of carbonyl (C=O) groups excluding carboxylic acids is 1. The van der Waals surface area contributed by atoms with Gasteiger partial charge in [0, 0.05) is 10.9 Å². The molecular formula is C11H6F3NOS. The van der Waals surface area contributed by atoms with Crippen molar-refractivity contribution in [2.75, 3.05) is 0 Å². The van der Waals surface area contributed by atoms with Crippen molar-refractivity contribution in [3.8, 4) is 11.3 Å². The zero-order valence-electron chi connectivity index (χ0n) is 8.36. The molecule has 1 aromatic heterocycles. The minimum absolute atomic E-state index is 0.378. The molecule has 0 saturated heterocycles. The first-order chi connectivity index (χ1) is 7.98. The predicted octanol–water partition coefficient (Wildman–Crippen LogP) is 3.56. The molecule has 0 N–H and O–H groups in total. The summed E-state index contributed by atoms with van der Waals surface area (Å²) < 4.78 is 36.5. The second kappa shape index (κ2) is 4.29. The first-order valence-corrected chi connectivity index (χ1v) is 5.49. The summed E-state index contributed by atoms with van der Waals surface area (Å²) >= 11 is 0.699. The van der Waals surface area contributed by atoms with Gasteiger partial charge < -0.3 is 0 Å². The van der Waals surface area contributed by atoms with Crippen LogP contribution in [0.5, 0.6) is 0 Å². The molecule has 0 atom stereocenters. The smallest absolute Gasteiger partial charge is 0.281 e. The Morgan fingerprint density at radius 2 is 1.82 bits per heavy atom. The molecule has 0 amide bonds. The molecule has 1 aromatic carbocycles. The lowest BCUT2D eigenvalue weighted by Crippen LogP contribution is -2.22. The van der Waals surface area contributed by atoms with E-state index < -0.39 is 17.0 Å². The SMILES string of the molecule is O=C(c1nc(-c2ccccc2)cs1)C(F)(F)F. The molecule has 0 aliphatic rings. The van der Waals surface area contributed by atoms with Crippen LogP contribution >= 0.6 is 11.3 Å². The summed E-state index contributed by atoms with van der Waals surface area (Å²) in [6, 6.07) is 8.73. The molecule has 0 spiro atoms. The lowest BCUT2D eigenvalue weighted by molar-refractivity contribution is -0.0885. The van der Waals surface area contributed by atoms with Crippen LogP contribution in [0.2, 0.25) is 0 Å². The highest BCUT2D eigenvalue weighted by Crippen LogP contribution is 2.27. The number of ketones is 1. The third kappa shape index (κ3) is 2.52. The Kier molecular flexibility index (Phi) is 2.97. The molecule has 0 radical (unpaired) electrons. The highest BCUT2D eigenvalue weighted by atomic mass is 32.1. The van der Waals surface area contributed by atoms with Gasteiger partial charge in [-0.2, -0.15) is 13.2 Å². The summed E-state index contributed by atoms with van der Waals surface area (Å²) in [5.41, 5.74) is 1.06. The van der Waals surface area contributed by atoms with Crippen LogP contribution in [0.3, 0.4) is 0 Å². The Balaban J connectivity index is 2.32. The van der Waals surface area contributed by atoms with Crippen molar-refractivity contribution >= 4 is 17.1 Å². The predicted molar refractivity (Wildman–Crippen MR) is 57.9 cm³/mol. The second-order valence-corrected chi connectivity index (χ2v) is 4.09. The van der Waals surface area contributed by atoms with E-state index in [1.165, 1.54) is 5.38 Å². The molecule has 17 heavy (non-hydrogen) atoms. The van der Waals surface area contributed by atoms with Crippen molar-refractivity contribution in [2.45, 2.75) is 6.18 Å². The van der Waals surface area contributed by atoms with E-state index in [-0.39, 0.29) is 0 Å². The lowest BCUT2D eigenvalue weighted by atomic mass is 10.2. The molecule has 2 rings (SSSR count). The van der Waals surface area contributed by atoms with Gasteiger partial charge in [0.2, 0.25) is 0 Å². The van der Waals surface area contributed by atoms with Crippen LogP contribution in [-0.2, 0) is 0 Å². The Hall–Kier alpha value is -1.69. The Labute approximate surface area is 98.7 Å². The van der Waals surface area contributed by atoms with E-state index in [4.69, 9.17) is 0 Å². The van der Waals surface area contributed by atoms with Gasteiger partial charge in [-0.1, -0.05) is 30.3 Å². The fourth-order valence-electron chi connectivity index (χ4n) is 1.24. The summed E-state index contributed by atoms with van der Waals surface area (Å²) in [5.74, 6) is -1.90. The molecule has 1 heterocycles. The zero-order valence-corrected chi connectivity index (χ0v) is 9.18. The molecule has 0 aliphatic carbocycles. The zero-order chi connectivity index (χ0) is 12.5. The number of carbonyl (C=O) groups is 1. The number of benzene rings is 1. The molecule has 88 valence electrons. The number of thiazole rings is 1. The minimum Gasteiger partial charge on any atom is -0.281 e. The summed E-state index contributed by atoms with van der Waals surface area (Å²) in [6.07, 6.45) is -4.87. The van der Waals surface area contributed by atoms with Crippen molar-refractivity contribution < 1.29 is 18.0 Å². The fraction of sp³-hybridized carbons (Fsp3) is 0.0909. The number of halogens is 3. The first-order valence-electron chi connectivity index (χ1n) is 4.61. The summed E-state index contributed by atoms with van der Waals surface area (Å²) in [7, 11) is 0. The largest absolute Gasteiger partial charge is 0.457 e. The number of Topliss-reactive ketones (excluding diaryl/α,β-unsaturated/α-hetero) is 1. The van der Waals surface area contributed by atoms with Crippen LogP contribution < -0.4 is 0 Å². The van der Waals surface area contributed by atoms with E-state index in [1.807, 2.05) is 0 Å². The minimum atomic E-state index is -4.87. The molecule has 6 heteroatoms. The van der Waals surface area contributed by atoms with E-state index in [9.17, 15) is 18.0 Å². The maximum atomic E-state index is 12.2. The standard InChI is InChI=1S/C11H6F3NOS/c12-11(13,14)9(16)10-15-8(6-17-10)7-4-2-1-3-5-7/h1-6H. The Bertz CT molecular complexity index is 533. The van der Waals surface area contributed by atoms with Crippen LogP contribution in [0, 0.1) is 0 Å². The van der Waals surface area contributed by atoms with Crippen LogP contribution in [-0.4, -0.2) is 16.9 Å².